The van der Waals surface area contributed by atoms with Gasteiger partial charge in [-0.05, 0) is 44.9 Å². The van der Waals surface area contributed by atoms with E-state index < -0.39 is 0 Å². The summed E-state index contributed by atoms with van der Waals surface area (Å²) in [6.07, 6.45) is 2.75. The largest absolute Gasteiger partial charge is 0.302 e. The maximum atomic E-state index is 12.2. The minimum Gasteiger partial charge on any atom is -0.302 e. The minimum atomic E-state index is -0.200. The van der Waals surface area contributed by atoms with Crippen LogP contribution in [-0.2, 0) is 11.2 Å². The maximum Gasteiger partial charge on any atom is 0.232 e. The fourth-order valence-electron chi connectivity index (χ4n) is 3.20. The Balaban J connectivity index is 2.36. The van der Waals surface area contributed by atoms with E-state index in [1.54, 1.807) is 0 Å². The summed E-state index contributed by atoms with van der Waals surface area (Å²) in [5.41, 5.74) is 5.87. The molecule has 1 amide bonds. The Labute approximate surface area is 102 Å². The summed E-state index contributed by atoms with van der Waals surface area (Å²) in [6, 6.07) is 4.33. The Kier molecular flexibility index (Phi) is 1.87. The van der Waals surface area contributed by atoms with Crippen molar-refractivity contribution in [2.45, 2.75) is 39.7 Å². The number of rotatable bonds is 0. The van der Waals surface area contributed by atoms with Crippen molar-refractivity contribution in [2.24, 2.45) is 0 Å². The lowest BCUT2D eigenvalue weighted by Crippen LogP contribution is -2.46. The molecule has 2 nitrogen and oxygen atoms in total. The summed E-state index contributed by atoms with van der Waals surface area (Å²) in [5, 5.41) is 0. The molecule has 0 saturated heterocycles. The molecular formula is C15H17NO. The molecule has 17 heavy (non-hydrogen) atoms. The number of anilines is 1. The van der Waals surface area contributed by atoms with Crippen LogP contribution in [0.5, 0.6) is 0 Å². The Morgan fingerprint density at radius 2 is 1.94 bits per heavy atom. The molecule has 0 N–H and O–H groups in total. The van der Waals surface area contributed by atoms with Gasteiger partial charge in [0.15, 0.2) is 0 Å². The van der Waals surface area contributed by atoms with Gasteiger partial charge < -0.3 is 4.90 Å². The number of benzene rings is 1. The minimum absolute atomic E-state index is 0.200. The van der Waals surface area contributed by atoms with Crippen LogP contribution in [0.1, 0.15) is 37.5 Å². The lowest BCUT2D eigenvalue weighted by Gasteiger charge is -2.39. The van der Waals surface area contributed by atoms with Gasteiger partial charge in [0.05, 0.1) is 17.6 Å². The fourth-order valence-corrected chi connectivity index (χ4v) is 3.20. The molecule has 1 aromatic carbocycles. The standard InChI is InChI=1S/C15H17NO/c1-9-5-11-7-13(17)16-14(11)12(6-9)10(2)8-15(16,3)4/h5-6,8H,7H2,1-4H3. The Morgan fingerprint density at radius 1 is 1.24 bits per heavy atom. The van der Waals surface area contributed by atoms with E-state index in [0.717, 1.165) is 5.69 Å². The zero-order chi connectivity index (χ0) is 12.4. The highest BCUT2D eigenvalue weighted by molar-refractivity contribution is 6.07. The van der Waals surface area contributed by atoms with Gasteiger partial charge in [-0.3, -0.25) is 4.79 Å². The lowest BCUT2D eigenvalue weighted by molar-refractivity contribution is -0.118. The smallest absolute Gasteiger partial charge is 0.232 e. The van der Waals surface area contributed by atoms with E-state index in [1.165, 1.54) is 22.3 Å². The average Bonchev–Trinajstić information content (AvgIpc) is 2.50. The van der Waals surface area contributed by atoms with Gasteiger partial charge in [-0.15, -0.1) is 0 Å². The molecule has 2 heteroatoms. The van der Waals surface area contributed by atoms with E-state index in [0.29, 0.717) is 6.42 Å². The van der Waals surface area contributed by atoms with Crippen LogP contribution < -0.4 is 4.90 Å². The van der Waals surface area contributed by atoms with Crippen molar-refractivity contribution < 1.29 is 4.79 Å². The number of carbonyl (C=O) groups is 1. The second-order valence-corrected chi connectivity index (χ2v) is 5.71. The number of aryl methyl sites for hydroxylation is 1. The molecule has 0 spiro atoms. The van der Waals surface area contributed by atoms with E-state index in [-0.39, 0.29) is 11.4 Å². The van der Waals surface area contributed by atoms with Gasteiger partial charge in [-0.25, -0.2) is 0 Å². The second kappa shape index (κ2) is 3.00. The number of amides is 1. The molecule has 0 bridgehead atoms. The molecule has 88 valence electrons. The first-order chi connectivity index (χ1) is 7.90. The molecule has 1 aromatic rings. The average molecular weight is 227 g/mol. The summed E-state index contributed by atoms with van der Waals surface area (Å²) < 4.78 is 0. The first-order valence-corrected chi connectivity index (χ1v) is 6.06. The van der Waals surface area contributed by atoms with E-state index in [9.17, 15) is 4.79 Å². The van der Waals surface area contributed by atoms with Gasteiger partial charge in [-0.2, -0.15) is 0 Å². The van der Waals surface area contributed by atoms with Crippen molar-refractivity contribution in [2.75, 3.05) is 4.90 Å². The van der Waals surface area contributed by atoms with E-state index in [2.05, 4.69) is 45.9 Å². The van der Waals surface area contributed by atoms with Crippen LogP contribution in [0.25, 0.3) is 5.57 Å². The van der Waals surface area contributed by atoms with Gasteiger partial charge in [-0.1, -0.05) is 17.7 Å². The number of hydrogen-bond donors (Lipinski definition) is 0. The van der Waals surface area contributed by atoms with Crippen molar-refractivity contribution in [1.29, 1.82) is 0 Å². The monoisotopic (exact) mass is 227 g/mol. The van der Waals surface area contributed by atoms with Crippen LogP contribution in [0.2, 0.25) is 0 Å². The number of allylic oxidation sites excluding steroid dienone is 1. The normalized spacial score (nSPS) is 20.4. The van der Waals surface area contributed by atoms with Crippen LogP contribution >= 0.6 is 0 Å². The van der Waals surface area contributed by atoms with E-state index in [1.807, 2.05) is 4.90 Å². The van der Waals surface area contributed by atoms with Crippen molar-refractivity contribution in [3.05, 3.63) is 34.9 Å². The topological polar surface area (TPSA) is 20.3 Å². The highest BCUT2D eigenvalue weighted by Gasteiger charge is 2.41. The molecular weight excluding hydrogens is 210 g/mol. The van der Waals surface area contributed by atoms with E-state index >= 15 is 0 Å². The number of nitrogens with zero attached hydrogens (tertiary/aromatic N) is 1. The van der Waals surface area contributed by atoms with Crippen molar-refractivity contribution in [3.8, 4) is 0 Å². The van der Waals surface area contributed by atoms with Gasteiger partial charge in [0.1, 0.15) is 0 Å². The summed E-state index contributed by atoms with van der Waals surface area (Å²) in [7, 11) is 0. The zero-order valence-electron chi connectivity index (χ0n) is 10.8. The molecule has 2 aliphatic heterocycles. The van der Waals surface area contributed by atoms with Gasteiger partial charge in [0.2, 0.25) is 5.91 Å². The SMILES string of the molecule is CC1=CC(C)(C)N2C(=O)Cc3cc(C)cc1c32. The molecule has 2 heterocycles. The van der Waals surface area contributed by atoms with Crippen molar-refractivity contribution >= 4 is 17.2 Å². The van der Waals surface area contributed by atoms with Gasteiger partial charge in [0, 0.05) is 5.56 Å². The fraction of sp³-hybridized carbons (Fsp3) is 0.400. The molecule has 0 aromatic heterocycles. The third-order valence-electron chi connectivity index (χ3n) is 3.72. The van der Waals surface area contributed by atoms with Crippen LogP contribution in [0.4, 0.5) is 5.69 Å². The quantitative estimate of drug-likeness (QED) is 0.667. The summed E-state index contributed by atoms with van der Waals surface area (Å²) >= 11 is 0. The summed E-state index contributed by atoms with van der Waals surface area (Å²) in [6.45, 7) is 8.44. The van der Waals surface area contributed by atoms with Gasteiger partial charge in [0.25, 0.3) is 0 Å². The molecule has 3 rings (SSSR count). The molecule has 0 saturated carbocycles. The maximum absolute atomic E-state index is 12.2. The molecule has 0 fully saturated rings. The molecule has 0 atom stereocenters. The predicted octanol–water partition coefficient (Wildman–Crippen LogP) is 3.08. The third kappa shape index (κ3) is 1.30. The lowest BCUT2D eigenvalue weighted by atomic mass is 9.88. The second-order valence-electron chi connectivity index (χ2n) is 5.71. The van der Waals surface area contributed by atoms with Crippen LogP contribution in [0.3, 0.4) is 0 Å². The Morgan fingerprint density at radius 3 is 2.65 bits per heavy atom. The molecule has 0 radical (unpaired) electrons. The zero-order valence-corrected chi connectivity index (χ0v) is 10.8. The molecule has 0 unspecified atom stereocenters. The highest BCUT2D eigenvalue weighted by Crippen LogP contribution is 2.45. The molecule has 0 aliphatic carbocycles. The first kappa shape index (κ1) is 10.6. The number of hydrogen-bond acceptors (Lipinski definition) is 1. The van der Waals surface area contributed by atoms with Crippen LogP contribution in [0.15, 0.2) is 18.2 Å². The third-order valence-corrected chi connectivity index (χ3v) is 3.72. The Bertz CT molecular complexity index is 567. The van der Waals surface area contributed by atoms with Crippen molar-refractivity contribution in [3.63, 3.8) is 0 Å². The van der Waals surface area contributed by atoms with Crippen LogP contribution in [-0.4, -0.2) is 11.4 Å². The van der Waals surface area contributed by atoms with Crippen molar-refractivity contribution in [1.82, 2.24) is 0 Å². The Hall–Kier alpha value is -1.57. The van der Waals surface area contributed by atoms with E-state index in [4.69, 9.17) is 0 Å². The number of carbonyl (C=O) groups excluding carboxylic acids is 1. The first-order valence-electron chi connectivity index (χ1n) is 6.06. The predicted molar refractivity (Wildman–Crippen MR) is 70.1 cm³/mol. The summed E-state index contributed by atoms with van der Waals surface area (Å²) in [4.78, 5) is 14.1. The summed E-state index contributed by atoms with van der Waals surface area (Å²) in [5.74, 6) is 0.223. The molecule has 2 aliphatic rings. The van der Waals surface area contributed by atoms with Gasteiger partial charge >= 0.3 is 0 Å². The highest BCUT2D eigenvalue weighted by atomic mass is 16.2. The van der Waals surface area contributed by atoms with Crippen LogP contribution in [0, 0.1) is 6.92 Å².